The van der Waals surface area contributed by atoms with Gasteiger partial charge >= 0.3 is 0 Å². The molecule has 0 aromatic heterocycles. The molecular weight excluding hydrogens is 126 g/mol. The highest BCUT2D eigenvalue weighted by molar-refractivity contribution is 4.70. The first-order chi connectivity index (χ1) is 4.70. The Morgan fingerprint density at radius 3 is 2.80 bits per heavy atom. The van der Waals surface area contributed by atoms with Crippen molar-refractivity contribution in [3.05, 3.63) is 0 Å². The molecule has 1 heterocycles. The molecule has 1 rings (SSSR count). The molecule has 2 N–H and O–H groups in total. The third kappa shape index (κ3) is 1.94. The Morgan fingerprint density at radius 1 is 1.40 bits per heavy atom. The minimum Gasteiger partial charge on any atom is -0.305 e. The number of hydrogen-bond acceptors (Lipinski definition) is 3. The fraction of sp³-hybridized carbons (Fsp3) is 1.00. The minimum absolute atomic E-state index is 0.507. The van der Waals surface area contributed by atoms with Crippen molar-refractivity contribution in [3.63, 3.8) is 0 Å². The Hall–Kier alpha value is -0.120. The Kier molecular flexibility index (Phi) is 2.65. The van der Waals surface area contributed by atoms with E-state index in [1.807, 2.05) is 5.01 Å². The van der Waals surface area contributed by atoms with Crippen LogP contribution in [0.1, 0.15) is 13.3 Å². The Labute approximate surface area is 62.8 Å². The van der Waals surface area contributed by atoms with Crippen LogP contribution in [-0.2, 0) is 0 Å². The summed E-state index contributed by atoms with van der Waals surface area (Å²) in [5.41, 5.74) is 0. The molecular formula is C7H17N3. The molecule has 0 aliphatic carbocycles. The molecule has 1 aliphatic heterocycles. The van der Waals surface area contributed by atoms with Crippen molar-refractivity contribution in [1.29, 1.82) is 0 Å². The average molecular weight is 143 g/mol. The quantitative estimate of drug-likeness (QED) is 0.480. The summed E-state index contributed by atoms with van der Waals surface area (Å²) >= 11 is 0. The van der Waals surface area contributed by atoms with Gasteiger partial charge in [-0.2, -0.15) is 0 Å². The van der Waals surface area contributed by atoms with E-state index in [1.54, 1.807) is 0 Å². The summed E-state index contributed by atoms with van der Waals surface area (Å²) < 4.78 is 0. The molecule has 0 spiro atoms. The van der Waals surface area contributed by atoms with Crippen LogP contribution in [0, 0.1) is 0 Å². The van der Waals surface area contributed by atoms with Crippen LogP contribution in [0.15, 0.2) is 0 Å². The Morgan fingerprint density at radius 2 is 2.10 bits per heavy atom. The molecule has 1 aliphatic rings. The van der Waals surface area contributed by atoms with E-state index in [9.17, 15) is 0 Å². The lowest BCUT2D eigenvalue weighted by Gasteiger charge is -2.22. The maximum absolute atomic E-state index is 5.75. The summed E-state index contributed by atoms with van der Waals surface area (Å²) in [6.07, 6.45) is 1.19. The second-order valence-corrected chi connectivity index (χ2v) is 3.20. The van der Waals surface area contributed by atoms with Crippen LogP contribution in [-0.4, -0.2) is 42.6 Å². The molecule has 3 nitrogen and oxygen atoms in total. The summed E-state index contributed by atoms with van der Waals surface area (Å²) in [6.45, 7) is 5.47. The number of likely N-dealkylation sites (N-methyl/N-ethyl adjacent to an activating group) is 1. The molecule has 3 heteroatoms. The van der Waals surface area contributed by atoms with Crippen LogP contribution >= 0.6 is 0 Å². The fourth-order valence-electron chi connectivity index (χ4n) is 1.39. The largest absolute Gasteiger partial charge is 0.305 e. The normalized spacial score (nSPS) is 32.1. The molecule has 60 valence electrons. The predicted molar refractivity (Wildman–Crippen MR) is 42.5 cm³/mol. The minimum atomic E-state index is 0.507. The van der Waals surface area contributed by atoms with E-state index in [0.717, 1.165) is 13.1 Å². The van der Waals surface area contributed by atoms with Gasteiger partial charge in [0, 0.05) is 19.1 Å². The van der Waals surface area contributed by atoms with Gasteiger partial charge in [0.2, 0.25) is 0 Å². The van der Waals surface area contributed by atoms with Gasteiger partial charge < -0.3 is 4.90 Å². The fourth-order valence-corrected chi connectivity index (χ4v) is 1.39. The van der Waals surface area contributed by atoms with Crippen molar-refractivity contribution in [2.24, 2.45) is 5.84 Å². The van der Waals surface area contributed by atoms with Crippen molar-refractivity contribution in [2.75, 3.05) is 26.7 Å². The summed E-state index contributed by atoms with van der Waals surface area (Å²) in [5, 5.41) is 1.93. The van der Waals surface area contributed by atoms with E-state index < -0.39 is 0 Å². The summed E-state index contributed by atoms with van der Waals surface area (Å²) in [4.78, 5) is 2.33. The molecule has 0 radical (unpaired) electrons. The highest BCUT2D eigenvalue weighted by Crippen LogP contribution is 2.02. The van der Waals surface area contributed by atoms with Crippen LogP contribution in [0.3, 0.4) is 0 Å². The smallest absolute Gasteiger partial charge is 0.0340 e. The number of hydrazine groups is 1. The zero-order valence-corrected chi connectivity index (χ0v) is 6.88. The highest BCUT2D eigenvalue weighted by atomic mass is 15.4. The highest BCUT2D eigenvalue weighted by Gasteiger charge is 2.15. The molecule has 0 saturated carbocycles. The number of rotatable bonds is 0. The molecule has 10 heavy (non-hydrogen) atoms. The van der Waals surface area contributed by atoms with Crippen molar-refractivity contribution >= 4 is 0 Å². The lowest BCUT2D eigenvalue weighted by atomic mass is 10.3. The lowest BCUT2D eigenvalue weighted by molar-refractivity contribution is 0.207. The van der Waals surface area contributed by atoms with Crippen molar-refractivity contribution < 1.29 is 0 Å². The van der Waals surface area contributed by atoms with E-state index in [0.29, 0.717) is 6.04 Å². The topological polar surface area (TPSA) is 32.5 Å². The summed E-state index contributed by atoms with van der Waals surface area (Å²) in [5.74, 6) is 5.75. The number of nitrogens with zero attached hydrogens (tertiary/aromatic N) is 2. The lowest BCUT2D eigenvalue weighted by Crippen LogP contribution is -2.42. The first-order valence-electron chi connectivity index (χ1n) is 3.90. The van der Waals surface area contributed by atoms with E-state index in [4.69, 9.17) is 5.84 Å². The van der Waals surface area contributed by atoms with Crippen molar-refractivity contribution in [1.82, 2.24) is 9.91 Å². The number of hydrogen-bond donors (Lipinski definition) is 1. The van der Waals surface area contributed by atoms with Gasteiger partial charge in [0.1, 0.15) is 0 Å². The van der Waals surface area contributed by atoms with E-state index in [1.165, 1.54) is 13.0 Å². The van der Waals surface area contributed by atoms with Gasteiger partial charge in [-0.25, -0.2) is 5.01 Å². The van der Waals surface area contributed by atoms with Gasteiger partial charge in [-0.05, 0) is 26.9 Å². The molecule has 0 amide bonds. The molecule has 0 aromatic rings. The molecule has 1 fully saturated rings. The van der Waals surface area contributed by atoms with Gasteiger partial charge in [0.05, 0.1) is 0 Å². The van der Waals surface area contributed by atoms with E-state index in [-0.39, 0.29) is 0 Å². The Balaban J connectivity index is 2.41. The standard InChI is InChI=1S/C7H17N3/c1-7-6-9(2)4-3-5-10(7)8/h7H,3-6,8H2,1-2H3. The first-order valence-corrected chi connectivity index (χ1v) is 3.90. The zero-order chi connectivity index (χ0) is 7.56. The first kappa shape index (κ1) is 7.98. The Bertz CT molecular complexity index is 105. The van der Waals surface area contributed by atoms with Crippen molar-refractivity contribution in [3.8, 4) is 0 Å². The van der Waals surface area contributed by atoms with Crippen LogP contribution in [0.2, 0.25) is 0 Å². The van der Waals surface area contributed by atoms with Gasteiger partial charge in [0.15, 0.2) is 0 Å². The van der Waals surface area contributed by atoms with Gasteiger partial charge in [-0.3, -0.25) is 5.84 Å². The second kappa shape index (κ2) is 3.32. The molecule has 1 unspecified atom stereocenters. The third-order valence-electron chi connectivity index (χ3n) is 2.10. The second-order valence-electron chi connectivity index (χ2n) is 3.20. The van der Waals surface area contributed by atoms with E-state index in [2.05, 4.69) is 18.9 Å². The van der Waals surface area contributed by atoms with Gasteiger partial charge in [-0.1, -0.05) is 0 Å². The van der Waals surface area contributed by atoms with Crippen molar-refractivity contribution in [2.45, 2.75) is 19.4 Å². The van der Waals surface area contributed by atoms with Crippen LogP contribution in [0.4, 0.5) is 0 Å². The summed E-state index contributed by atoms with van der Waals surface area (Å²) in [7, 11) is 2.15. The third-order valence-corrected chi connectivity index (χ3v) is 2.10. The molecule has 0 bridgehead atoms. The van der Waals surface area contributed by atoms with E-state index >= 15 is 0 Å². The van der Waals surface area contributed by atoms with Crippen LogP contribution < -0.4 is 5.84 Å². The van der Waals surface area contributed by atoms with Gasteiger partial charge in [-0.15, -0.1) is 0 Å². The van der Waals surface area contributed by atoms with Crippen LogP contribution in [0.5, 0.6) is 0 Å². The van der Waals surface area contributed by atoms with Crippen LogP contribution in [0.25, 0.3) is 0 Å². The molecule has 1 atom stereocenters. The zero-order valence-electron chi connectivity index (χ0n) is 6.88. The van der Waals surface area contributed by atoms with Gasteiger partial charge in [0.25, 0.3) is 0 Å². The average Bonchev–Trinajstić information content (AvgIpc) is 1.96. The summed E-state index contributed by atoms with van der Waals surface area (Å²) in [6, 6.07) is 0.507. The number of nitrogens with two attached hydrogens (primary N) is 1. The monoisotopic (exact) mass is 143 g/mol. The maximum atomic E-state index is 5.75. The predicted octanol–water partition coefficient (Wildman–Crippen LogP) is -0.114. The maximum Gasteiger partial charge on any atom is 0.0340 e. The SMILES string of the molecule is CC1CN(C)CCCN1N. The molecule has 0 aromatic carbocycles. The molecule has 1 saturated heterocycles.